The number of nitrogens with zero attached hydrogens (tertiary/aromatic N) is 1. The Labute approximate surface area is 114 Å². The summed E-state index contributed by atoms with van der Waals surface area (Å²) in [5.41, 5.74) is 0. The highest BCUT2D eigenvalue weighted by molar-refractivity contribution is 7.91. The number of rotatable bonds is 6. The first-order chi connectivity index (χ1) is 8.66. The van der Waals surface area contributed by atoms with Gasteiger partial charge in [-0.3, -0.25) is 0 Å². The van der Waals surface area contributed by atoms with Crippen molar-refractivity contribution in [1.29, 1.82) is 0 Å². The number of sulfonamides is 1. The molecule has 0 aliphatic rings. The number of halogens is 3. The molecule has 0 radical (unpaired) electrons. The normalized spacial score (nSPS) is 13.2. The highest BCUT2D eigenvalue weighted by Gasteiger charge is 2.30. The molecule has 0 unspecified atom stereocenters. The van der Waals surface area contributed by atoms with Gasteiger partial charge in [-0.05, 0) is 19.2 Å². The molecule has 1 aromatic rings. The lowest BCUT2D eigenvalue weighted by Gasteiger charge is -2.16. The van der Waals surface area contributed by atoms with Gasteiger partial charge in [0.2, 0.25) is 0 Å². The van der Waals surface area contributed by atoms with Gasteiger partial charge in [0.15, 0.2) is 0 Å². The van der Waals surface area contributed by atoms with Gasteiger partial charge in [-0.1, -0.05) is 0 Å². The summed E-state index contributed by atoms with van der Waals surface area (Å²) < 4.78 is 61.1. The zero-order valence-electron chi connectivity index (χ0n) is 10.5. The van der Waals surface area contributed by atoms with Crippen molar-refractivity contribution in [3.8, 4) is 0 Å². The predicted octanol–water partition coefficient (Wildman–Crippen LogP) is 2.04. The molecule has 0 bridgehead atoms. The molecule has 110 valence electrons. The van der Waals surface area contributed by atoms with Crippen LogP contribution < -0.4 is 5.32 Å². The average molecular weight is 316 g/mol. The molecule has 0 atom stereocenters. The van der Waals surface area contributed by atoms with E-state index < -0.39 is 29.2 Å². The highest BCUT2D eigenvalue weighted by Crippen LogP contribution is 2.26. The first kappa shape index (κ1) is 16.4. The maximum Gasteiger partial charge on any atom is 0.390 e. The third-order valence-electron chi connectivity index (χ3n) is 2.36. The van der Waals surface area contributed by atoms with E-state index >= 15 is 0 Å². The third kappa shape index (κ3) is 4.75. The van der Waals surface area contributed by atoms with Gasteiger partial charge < -0.3 is 5.32 Å². The Morgan fingerprint density at radius 1 is 1.37 bits per heavy atom. The summed E-state index contributed by atoms with van der Waals surface area (Å²) in [4.78, 5) is 0.810. The molecule has 0 spiro atoms. The minimum absolute atomic E-state index is 0.0578. The molecular formula is C10H15F3N2O2S2. The Bertz CT molecular complexity index is 511. The van der Waals surface area contributed by atoms with Gasteiger partial charge in [-0.25, -0.2) is 8.42 Å². The number of hydrogen-bond acceptors (Lipinski definition) is 4. The lowest BCUT2D eigenvalue weighted by molar-refractivity contribution is -0.135. The Morgan fingerprint density at radius 2 is 2.00 bits per heavy atom. The standard InChI is InChI=1S/C10H15F3N2O2S2/c1-14-7-8-3-4-9(18-8)19(16,17)15(2)6-5-10(11,12)13/h3-4,14H,5-7H2,1-2H3. The fourth-order valence-corrected chi connectivity index (χ4v) is 4.07. The van der Waals surface area contributed by atoms with Gasteiger partial charge in [-0.15, -0.1) is 11.3 Å². The van der Waals surface area contributed by atoms with Gasteiger partial charge in [0.05, 0.1) is 6.42 Å². The Kier molecular flexibility index (Phi) is 5.36. The molecule has 0 fully saturated rings. The lowest BCUT2D eigenvalue weighted by Crippen LogP contribution is -2.30. The Hall–Kier alpha value is -0.640. The summed E-state index contributed by atoms with van der Waals surface area (Å²) in [6.45, 7) is -0.0580. The molecule has 0 amide bonds. The molecule has 0 aromatic carbocycles. The van der Waals surface area contributed by atoms with Crippen molar-refractivity contribution in [1.82, 2.24) is 9.62 Å². The van der Waals surface area contributed by atoms with Gasteiger partial charge in [0.1, 0.15) is 4.21 Å². The first-order valence-corrected chi connectivity index (χ1v) is 7.69. The molecule has 0 aliphatic carbocycles. The Morgan fingerprint density at radius 3 is 2.53 bits per heavy atom. The molecule has 1 rings (SSSR count). The minimum Gasteiger partial charge on any atom is -0.315 e. The van der Waals surface area contributed by atoms with Gasteiger partial charge in [0.25, 0.3) is 10.0 Å². The third-order valence-corrected chi connectivity index (χ3v) is 5.77. The van der Waals surface area contributed by atoms with Crippen LogP contribution in [-0.2, 0) is 16.6 Å². The number of alkyl halides is 3. The van der Waals surface area contributed by atoms with E-state index in [1.165, 1.54) is 6.07 Å². The van der Waals surface area contributed by atoms with Crippen molar-refractivity contribution in [2.75, 3.05) is 20.6 Å². The Balaban J connectivity index is 2.78. The summed E-state index contributed by atoms with van der Waals surface area (Å²) in [6.07, 6.45) is -5.52. The van der Waals surface area contributed by atoms with Crippen molar-refractivity contribution in [3.05, 3.63) is 17.0 Å². The molecular weight excluding hydrogens is 301 g/mol. The minimum atomic E-state index is -4.36. The van der Waals surface area contributed by atoms with Crippen molar-refractivity contribution >= 4 is 21.4 Å². The van der Waals surface area contributed by atoms with E-state index in [0.717, 1.165) is 27.6 Å². The maximum atomic E-state index is 12.1. The summed E-state index contributed by atoms with van der Waals surface area (Å²) >= 11 is 1.05. The van der Waals surface area contributed by atoms with Crippen LogP contribution in [0.3, 0.4) is 0 Å². The summed E-state index contributed by atoms with van der Waals surface area (Å²) in [5, 5.41) is 2.88. The van der Waals surface area contributed by atoms with Gasteiger partial charge in [0, 0.05) is 25.0 Å². The fourth-order valence-electron chi connectivity index (χ4n) is 1.32. The number of thiophene rings is 1. The van der Waals surface area contributed by atoms with Crippen LogP contribution in [0, 0.1) is 0 Å². The predicted molar refractivity (Wildman–Crippen MR) is 67.6 cm³/mol. The number of nitrogens with one attached hydrogen (secondary N) is 1. The summed E-state index contributed by atoms with van der Waals surface area (Å²) in [7, 11) is -0.958. The topological polar surface area (TPSA) is 49.4 Å². The van der Waals surface area contributed by atoms with E-state index in [9.17, 15) is 21.6 Å². The molecule has 0 aliphatic heterocycles. The first-order valence-electron chi connectivity index (χ1n) is 5.43. The van der Waals surface area contributed by atoms with Crippen LogP contribution in [0.1, 0.15) is 11.3 Å². The van der Waals surface area contributed by atoms with E-state index in [0.29, 0.717) is 6.54 Å². The highest BCUT2D eigenvalue weighted by atomic mass is 32.2. The zero-order valence-corrected chi connectivity index (χ0v) is 12.1. The van der Waals surface area contributed by atoms with E-state index in [2.05, 4.69) is 5.32 Å². The van der Waals surface area contributed by atoms with Crippen LogP contribution >= 0.6 is 11.3 Å². The van der Waals surface area contributed by atoms with Crippen molar-refractivity contribution in [3.63, 3.8) is 0 Å². The van der Waals surface area contributed by atoms with E-state index in [1.54, 1.807) is 13.1 Å². The van der Waals surface area contributed by atoms with Crippen LogP contribution in [0.25, 0.3) is 0 Å². The molecule has 19 heavy (non-hydrogen) atoms. The summed E-state index contributed by atoms with van der Waals surface area (Å²) in [6, 6.07) is 3.06. The lowest BCUT2D eigenvalue weighted by atomic mass is 10.4. The molecule has 1 aromatic heterocycles. The SMILES string of the molecule is CNCc1ccc(S(=O)(=O)N(C)CCC(F)(F)F)s1. The zero-order chi connectivity index (χ0) is 14.7. The smallest absolute Gasteiger partial charge is 0.315 e. The molecule has 4 nitrogen and oxygen atoms in total. The van der Waals surface area contributed by atoms with Crippen LogP contribution in [0.15, 0.2) is 16.3 Å². The quantitative estimate of drug-likeness (QED) is 0.874. The second-order valence-electron chi connectivity index (χ2n) is 3.94. The van der Waals surface area contributed by atoms with E-state index in [1.807, 2.05) is 0 Å². The van der Waals surface area contributed by atoms with Crippen LogP contribution in [0.4, 0.5) is 13.2 Å². The van der Waals surface area contributed by atoms with E-state index in [4.69, 9.17) is 0 Å². The van der Waals surface area contributed by atoms with Crippen LogP contribution in [0.2, 0.25) is 0 Å². The second kappa shape index (κ2) is 6.21. The fraction of sp³-hybridized carbons (Fsp3) is 0.600. The molecule has 9 heteroatoms. The monoisotopic (exact) mass is 316 g/mol. The number of hydrogen-bond donors (Lipinski definition) is 1. The van der Waals surface area contributed by atoms with Crippen molar-refractivity contribution < 1.29 is 21.6 Å². The molecule has 0 saturated carbocycles. The van der Waals surface area contributed by atoms with Gasteiger partial charge >= 0.3 is 6.18 Å². The van der Waals surface area contributed by atoms with Crippen LogP contribution in [-0.4, -0.2) is 39.5 Å². The summed E-state index contributed by atoms with van der Waals surface area (Å²) in [5.74, 6) is 0. The molecule has 1 heterocycles. The van der Waals surface area contributed by atoms with Crippen molar-refractivity contribution in [2.45, 2.75) is 23.4 Å². The maximum absolute atomic E-state index is 12.1. The van der Waals surface area contributed by atoms with Crippen molar-refractivity contribution in [2.24, 2.45) is 0 Å². The van der Waals surface area contributed by atoms with E-state index in [-0.39, 0.29) is 4.21 Å². The van der Waals surface area contributed by atoms with Crippen LogP contribution in [0.5, 0.6) is 0 Å². The molecule has 1 N–H and O–H groups in total. The molecule has 0 saturated heterocycles. The second-order valence-corrected chi connectivity index (χ2v) is 7.38. The average Bonchev–Trinajstić information content (AvgIpc) is 2.74. The largest absolute Gasteiger partial charge is 0.390 e. The van der Waals surface area contributed by atoms with Gasteiger partial charge in [-0.2, -0.15) is 17.5 Å².